The molecule has 37 heavy (non-hydrogen) atoms. The number of urea groups is 1. The van der Waals surface area contributed by atoms with E-state index in [9.17, 15) is 9.59 Å². The van der Waals surface area contributed by atoms with Crippen LogP contribution in [-0.2, 0) is 23.1 Å². The first-order chi connectivity index (χ1) is 17.8. The summed E-state index contributed by atoms with van der Waals surface area (Å²) >= 11 is 0. The molecule has 192 valence electrons. The smallest absolute Gasteiger partial charge is 0.323 e. The summed E-state index contributed by atoms with van der Waals surface area (Å²) in [6.45, 7) is 7.82. The molecular weight excluding hydrogens is 464 g/mol. The predicted octanol–water partition coefficient (Wildman–Crippen LogP) is 5.83. The number of aromatic nitrogens is 1. The molecule has 3 aromatic rings. The second kappa shape index (κ2) is 10.2. The van der Waals surface area contributed by atoms with E-state index < -0.39 is 0 Å². The van der Waals surface area contributed by atoms with Gasteiger partial charge in [0.1, 0.15) is 17.3 Å². The van der Waals surface area contributed by atoms with Gasteiger partial charge in [-0.3, -0.25) is 9.69 Å². The van der Waals surface area contributed by atoms with Crippen LogP contribution in [0.1, 0.15) is 50.3 Å². The molecule has 0 radical (unpaired) electrons. The first kappa shape index (κ1) is 24.8. The van der Waals surface area contributed by atoms with Crippen molar-refractivity contribution in [2.75, 3.05) is 23.3 Å². The zero-order chi connectivity index (χ0) is 26.0. The number of pyridine rings is 1. The highest BCUT2D eigenvalue weighted by atomic mass is 16.5. The van der Waals surface area contributed by atoms with E-state index in [4.69, 9.17) is 4.74 Å². The van der Waals surface area contributed by atoms with E-state index >= 15 is 0 Å². The van der Waals surface area contributed by atoms with Gasteiger partial charge in [-0.2, -0.15) is 0 Å². The van der Waals surface area contributed by atoms with Gasteiger partial charge in [-0.15, -0.1) is 0 Å². The summed E-state index contributed by atoms with van der Waals surface area (Å²) < 4.78 is 6.15. The van der Waals surface area contributed by atoms with Crippen LogP contribution in [-0.4, -0.2) is 30.0 Å². The minimum absolute atomic E-state index is 0.0245. The number of amides is 3. The third-order valence-electron chi connectivity index (χ3n) is 7.08. The molecule has 1 aliphatic carbocycles. The molecule has 0 spiro atoms. The first-order valence-corrected chi connectivity index (χ1v) is 13.0. The van der Waals surface area contributed by atoms with Crippen LogP contribution in [0.3, 0.4) is 0 Å². The molecule has 2 N–H and O–H groups in total. The highest BCUT2D eigenvalue weighted by Crippen LogP contribution is 2.32. The Balaban J connectivity index is 1.27. The fourth-order valence-electron chi connectivity index (χ4n) is 4.92. The molecule has 0 bridgehead atoms. The van der Waals surface area contributed by atoms with Crippen LogP contribution in [0.5, 0.6) is 11.5 Å². The Morgan fingerprint density at radius 3 is 2.73 bits per heavy atom. The van der Waals surface area contributed by atoms with Crippen LogP contribution in [0.25, 0.3) is 0 Å². The van der Waals surface area contributed by atoms with E-state index in [-0.39, 0.29) is 23.3 Å². The Labute approximate surface area is 218 Å². The van der Waals surface area contributed by atoms with E-state index in [1.165, 1.54) is 11.1 Å². The van der Waals surface area contributed by atoms with E-state index in [1.807, 2.05) is 24.3 Å². The minimum atomic E-state index is -0.140. The van der Waals surface area contributed by atoms with Gasteiger partial charge in [0, 0.05) is 37.0 Å². The van der Waals surface area contributed by atoms with Crippen LogP contribution in [0.15, 0.2) is 60.8 Å². The summed E-state index contributed by atoms with van der Waals surface area (Å²) in [6.07, 6.45) is 4.88. The van der Waals surface area contributed by atoms with Crippen molar-refractivity contribution in [1.29, 1.82) is 0 Å². The lowest BCUT2D eigenvalue weighted by Crippen LogP contribution is -2.46. The molecule has 7 nitrogen and oxygen atoms in total. The maximum atomic E-state index is 13.1. The zero-order valence-corrected chi connectivity index (χ0v) is 21.7. The molecule has 1 saturated heterocycles. The molecule has 1 aliphatic heterocycles. The molecular formula is C30H34N4O3. The fourth-order valence-corrected chi connectivity index (χ4v) is 4.92. The Kier molecular flexibility index (Phi) is 6.87. The lowest BCUT2D eigenvalue weighted by Gasteiger charge is -2.26. The van der Waals surface area contributed by atoms with Gasteiger partial charge in [0.25, 0.3) is 0 Å². The van der Waals surface area contributed by atoms with E-state index in [0.717, 1.165) is 30.5 Å². The number of anilines is 2. The number of rotatable bonds is 5. The molecule has 2 aliphatic rings. The monoisotopic (exact) mass is 498 g/mol. The van der Waals surface area contributed by atoms with Crippen molar-refractivity contribution in [3.8, 4) is 11.5 Å². The Hall–Kier alpha value is -3.87. The summed E-state index contributed by atoms with van der Waals surface area (Å²) in [5.74, 6) is 1.86. The standard InChI is InChI=1S/C30H34N4O3/c1-30(2,3)23-6-4-7-24(18-23)33-28(35)21-9-8-20-10-11-25(17-22(20)16-21)37-26-12-14-31-27(19-26)34-15-5-13-32-29(34)36/h4,6-7,10-12,14,17-19,21H,5,8-9,13,15-16H2,1-3H3,(H,32,36)(H,33,35). The number of hydrogen-bond acceptors (Lipinski definition) is 4. The number of nitrogens with one attached hydrogen (secondary N) is 2. The van der Waals surface area contributed by atoms with Gasteiger partial charge in [0.05, 0.1) is 0 Å². The molecule has 1 fully saturated rings. The minimum Gasteiger partial charge on any atom is -0.457 e. The quantitative estimate of drug-likeness (QED) is 0.463. The largest absolute Gasteiger partial charge is 0.457 e. The van der Waals surface area contributed by atoms with Gasteiger partial charge in [-0.1, -0.05) is 39.0 Å². The number of benzene rings is 2. The van der Waals surface area contributed by atoms with Crippen LogP contribution in [0.4, 0.5) is 16.3 Å². The first-order valence-electron chi connectivity index (χ1n) is 13.0. The molecule has 5 rings (SSSR count). The second-order valence-electron chi connectivity index (χ2n) is 10.9. The molecule has 3 amide bonds. The number of hydrogen-bond donors (Lipinski definition) is 2. The SMILES string of the molecule is CC(C)(C)c1cccc(NC(=O)C2CCc3ccc(Oc4ccnc(N5CCCNC5=O)c4)cc3C2)c1. The average Bonchev–Trinajstić information content (AvgIpc) is 2.88. The van der Waals surface area contributed by atoms with Gasteiger partial charge >= 0.3 is 6.03 Å². The normalized spacial score (nSPS) is 17.5. The van der Waals surface area contributed by atoms with Crippen molar-refractivity contribution in [1.82, 2.24) is 10.3 Å². The third kappa shape index (κ3) is 5.77. The zero-order valence-electron chi connectivity index (χ0n) is 21.7. The van der Waals surface area contributed by atoms with Crippen molar-refractivity contribution in [2.45, 2.75) is 51.9 Å². The van der Waals surface area contributed by atoms with Crippen LogP contribution >= 0.6 is 0 Å². The summed E-state index contributed by atoms with van der Waals surface area (Å²) in [4.78, 5) is 31.3. The van der Waals surface area contributed by atoms with Crippen molar-refractivity contribution in [3.63, 3.8) is 0 Å². The van der Waals surface area contributed by atoms with Crippen LogP contribution in [0.2, 0.25) is 0 Å². The lowest BCUT2D eigenvalue weighted by molar-refractivity contribution is -0.120. The van der Waals surface area contributed by atoms with Gasteiger partial charge < -0.3 is 15.4 Å². The number of ether oxygens (including phenoxy) is 1. The molecule has 2 heterocycles. The highest BCUT2D eigenvalue weighted by molar-refractivity contribution is 5.93. The number of aryl methyl sites for hydroxylation is 1. The summed E-state index contributed by atoms with van der Waals surface area (Å²) in [6, 6.07) is 17.6. The average molecular weight is 499 g/mol. The van der Waals surface area contributed by atoms with Gasteiger partial charge in [-0.05, 0) is 78.1 Å². The maximum absolute atomic E-state index is 13.1. The Morgan fingerprint density at radius 1 is 1.08 bits per heavy atom. The number of fused-ring (bicyclic) bond motifs is 1. The van der Waals surface area contributed by atoms with Crippen molar-refractivity contribution >= 4 is 23.4 Å². The highest BCUT2D eigenvalue weighted by Gasteiger charge is 2.26. The summed E-state index contributed by atoms with van der Waals surface area (Å²) in [5, 5.41) is 5.98. The van der Waals surface area contributed by atoms with E-state index in [1.54, 1.807) is 23.2 Å². The molecule has 2 aromatic carbocycles. The number of carbonyl (C=O) groups excluding carboxylic acids is 2. The third-order valence-corrected chi connectivity index (χ3v) is 7.08. The summed E-state index contributed by atoms with van der Waals surface area (Å²) in [5.41, 5.74) is 4.46. The molecule has 1 atom stereocenters. The van der Waals surface area contributed by atoms with Gasteiger partial charge in [-0.25, -0.2) is 9.78 Å². The maximum Gasteiger partial charge on any atom is 0.323 e. The predicted molar refractivity (Wildman–Crippen MR) is 145 cm³/mol. The van der Waals surface area contributed by atoms with E-state index in [2.05, 4.69) is 54.6 Å². The van der Waals surface area contributed by atoms with Crippen molar-refractivity contribution < 1.29 is 14.3 Å². The van der Waals surface area contributed by atoms with Crippen molar-refractivity contribution in [3.05, 3.63) is 77.5 Å². The molecule has 1 unspecified atom stereocenters. The Morgan fingerprint density at radius 2 is 1.92 bits per heavy atom. The summed E-state index contributed by atoms with van der Waals surface area (Å²) in [7, 11) is 0. The number of carbonyl (C=O) groups is 2. The van der Waals surface area contributed by atoms with Crippen molar-refractivity contribution in [2.24, 2.45) is 5.92 Å². The van der Waals surface area contributed by atoms with Crippen LogP contribution in [0, 0.1) is 5.92 Å². The second-order valence-corrected chi connectivity index (χ2v) is 10.9. The number of nitrogens with zero attached hydrogens (tertiary/aromatic N) is 2. The lowest BCUT2D eigenvalue weighted by atomic mass is 9.83. The van der Waals surface area contributed by atoms with Gasteiger partial charge in [0.2, 0.25) is 5.91 Å². The molecule has 0 saturated carbocycles. The molecule has 1 aromatic heterocycles. The topological polar surface area (TPSA) is 83.6 Å². The van der Waals surface area contributed by atoms with Gasteiger partial charge in [0.15, 0.2) is 0 Å². The van der Waals surface area contributed by atoms with Crippen LogP contribution < -0.4 is 20.3 Å². The Bertz CT molecular complexity index is 1310. The molecule has 7 heteroatoms. The fraction of sp³-hybridized carbons (Fsp3) is 0.367. The van der Waals surface area contributed by atoms with E-state index in [0.29, 0.717) is 36.8 Å².